The lowest BCUT2D eigenvalue weighted by Gasteiger charge is -2.32. The summed E-state index contributed by atoms with van der Waals surface area (Å²) in [4.78, 5) is 2.39. The third kappa shape index (κ3) is 3.93. The maximum atomic E-state index is 5.62. The van der Waals surface area contributed by atoms with Crippen LogP contribution in [0.1, 0.15) is 44.6 Å². The van der Waals surface area contributed by atoms with Crippen LogP contribution in [0.2, 0.25) is 0 Å². The average Bonchev–Trinajstić information content (AvgIpc) is 2.63. The fourth-order valence-corrected chi connectivity index (χ4v) is 3.15. The lowest BCUT2D eigenvalue weighted by molar-refractivity contribution is 0.311. The molecule has 1 aromatic carbocycles. The molecule has 1 aliphatic rings. The van der Waals surface area contributed by atoms with Gasteiger partial charge in [0.25, 0.3) is 0 Å². The van der Waals surface area contributed by atoms with Crippen molar-refractivity contribution in [2.24, 2.45) is 0 Å². The van der Waals surface area contributed by atoms with Crippen molar-refractivity contribution in [3.63, 3.8) is 0 Å². The molecular weight excluding hydrogens is 252 g/mol. The number of nitrogens with one attached hydrogen (secondary N) is 1. The molecule has 0 saturated carbocycles. The molecule has 0 spiro atoms. The van der Waals surface area contributed by atoms with Crippen molar-refractivity contribution in [2.45, 2.75) is 52.0 Å². The van der Waals surface area contributed by atoms with Gasteiger partial charge >= 0.3 is 0 Å². The third-order valence-corrected chi connectivity index (χ3v) is 4.22. The molecule has 19 heavy (non-hydrogen) atoms. The van der Waals surface area contributed by atoms with E-state index < -0.39 is 0 Å². The number of aryl methyl sites for hydroxylation is 1. The molecule has 2 rings (SSSR count). The molecule has 1 saturated heterocycles. The van der Waals surface area contributed by atoms with E-state index in [1.54, 1.807) is 0 Å². The normalized spacial score (nSPS) is 19.9. The van der Waals surface area contributed by atoms with Crippen molar-refractivity contribution < 1.29 is 0 Å². The highest BCUT2D eigenvalue weighted by Gasteiger charge is 2.21. The number of hydrogen-bond acceptors (Lipinski definition) is 1. The van der Waals surface area contributed by atoms with Crippen molar-refractivity contribution in [1.29, 1.82) is 0 Å². The van der Waals surface area contributed by atoms with Gasteiger partial charge in [0.2, 0.25) is 0 Å². The van der Waals surface area contributed by atoms with Gasteiger partial charge in [0.1, 0.15) is 0 Å². The summed E-state index contributed by atoms with van der Waals surface area (Å²) in [7, 11) is 0. The highest BCUT2D eigenvalue weighted by molar-refractivity contribution is 7.80. The predicted molar refractivity (Wildman–Crippen MR) is 86.7 cm³/mol. The summed E-state index contributed by atoms with van der Waals surface area (Å²) < 4.78 is 0. The highest BCUT2D eigenvalue weighted by atomic mass is 32.1. The van der Waals surface area contributed by atoms with Crippen LogP contribution in [0.25, 0.3) is 0 Å². The summed E-state index contributed by atoms with van der Waals surface area (Å²) in [6, 6.07) is 9.00. The molecule has 1 heterocycles. The van der Waals surface area contributed by atoms with Crippen molar-refractivity contribution in [3.8, 4) is 0 Å². The van der Waals surface area contributed by atoms with Crippen molar-refractivity contribution in [1.82, 2.24) is 4.90 Å². The Kier molecular flexibility index (Phi) is 5.20. The smallest absolute Gasteiger partial charge is 0.173 e. The van der Waals surface area contributed by atoms with E-state index in [1.165, 1.54) is 37.7 Å². The van der Waals surface area contributed by atoms with Gasteiger partial charge < -0.3 is 10.2 Å². The third-order valence-electron chi connectivity index (χ3n) is 3.88. The van der Waals surface area contributed by atoms with Gasteiger partial charge in [0.15, 0.2) is 5.11 Å². The van der Waals surface area contributed by atoms with E-state index in [0.29, 0.717) is 6.04 Å². The molecule has 0 amide bonds. The molecule has 0 aliphatic carbocycles. The summed E-state index contributed by atoms with van der Waals surface area (Å²) >= 11 is 5.62. The molecular formula is C16H24N2S. The molecule has 0 bridgehead atoms. The minimum absolute atomic E-state index is 0.604. The SMILES string of the molecule is CCC1CCCCCN1C(=S)Nc1cccc(C)c1. The standard InChI is InChI=1S/C16H24N2S/c1-3-15-10-5-4-6-11-18(15)16(19)17-14-9-7-8-13(2)12-14/h7-9,12,15H,3-6,10-11H2,1-2H3,(H,17,19). The number of anilines is 1. The maximum Gasteiger partial charge on any atom is 0.173 e. The second kappa shape index (κ2) is 6.90. The zero-order valence-electron chi connectivity index (χ0n) is 12.0. The van der Waals surface area contributed by atoms with Gasteiger partial charge in [-0.15, -0.1) is 0 Å². The summed E-state index contributed by atoms with van der Waals surface area (Å²) in [5, 5.41) is 4.29. The Hall–Kier alpha value is -1.09. The van der Waals surface area contributed by atoms with Crippen LogP contribution in [0.5, 0.6) is 0 Å². The topological polar surface area (TPSA) is 15.3 Å². The molecule has 3 heteroatoms. The number of likely N-dealkylation sites (tertiary alicyclic amines) is 1. The molecule has 1 aliphatic heterocycles. The minimum atomic E-state index is 0.604. The first-order valence-corrected chi connectivity index (χ1v) is 7.76. The van der Waals surface area contributed by atoms with Crippen molar-refractivity contribution in [2.75, 3.05) is 11.9 Å². The number of hydrogen-bond donors (Lipinski definition) is 1. The number of nitrogens with zero attached hydrogens (tertiary/aromatic N) is 1. The minimum Gasteiger partial charge on any atom is -0.346 e. The summed E-state index contributed by atoms with van der Waals surface area (Å²) in [6.45, 7) is 5.46. The Labute approximate surface area is 122 Å². The van der Waals surface area contributed by atoms with Crippen molar-refractivity contribution in [3.05, 3.63) is 29.8 Å². The molecule has 0 radical (unpaired) electrons. The molecule has 1 atom stereocenters. The Balaban J connectivity index is 2.04. The Morgan fingerprint density at radius 1 is 1.37 bits per heavy atom. The average molecular weight is 276 g/mol. The van der Waals surface area contributed by atoms with E-state index in [9.17, 15) is 0 Å². The fraction of sp³-hybridized carbons (Fsp3) is 0.562. The number of thiocarbonyl (C=S) groups is 1. The molecule has 0 aromatic heterocycles. The predicted octanol–water partition coefficient (Wildman–Crippen LogP) is 4.35. The maximum absolute atomic E-state index is 5.62. The zero-order valence-corrected chi connectivity index (χ0v) is 12.8. The van der Waals surface area contributed by atoms with Crippen LogP contribution >= 0.6 is 12.2 Å². The van der Waals surface area contributed by atoms with Crippen LogP contribution in [-0.2, 0) is 0 Å². The largest absolute Gasteiger partial charge is 0.346 e. The van der Waals surface area contributed by atoms with Gasteiger partial charge in [0.05, 0.1) is 0 Å². The molecule has 104 valence electrons. The second-order valence-corrected chi connectivity index (χ2v) is 5.79. The highest BCUT2D eigenvalue weighted by Crippen LogP contribution is 2.20. The number of rotatable bonds is 2. The molecule has 2 nitrogen and oxygen atoms in total. The Bertz CT molecular complexity index is 431. The van der Waals surface area contributed by atoms with Gasteiger partial charge in [0, 0.05) is 18.3 Å². The first kappa shape index (κ1) is 14.3. The van der Waals surface area contributed by atoms with E-state index in [2.05, 4.69) is 48.3 Å². The van der Waals surface area contributed by atoms with Crippen LogP contribution in [-0.4, -0.2) is 22.6 Å². The van der Waals surface area contributed by atoms with E-state index in [1.807, 2.05) is 0 Å². The second-order valence-electron chi connectivity index (χ2n) is 5.40. The summed E-state index contributed by atoms with van der Waals surface area (Å²) in [5.74, 6) is 0. The lowest BCUT2D eigenvalue weighted by atomic mass is 10.1. The first-order chi connectivity index (χ1) is 9.20. The Morgan fingerprint density at radius 2 is 2.21 bits per heavy atom. The fourth-order valence-electron chi connectivity index (χ4n) is 2.79. The van der Waals surface area contributed by atoms with Crippen LogP contribution in [0.15, 0.2) is 24.3 Å². The van der Waals surface area contributed by atoms with Gasteiger partial charge in [-0.2, -0.15) is 0 Å². The summed E-state index contributed by atoms with van der Waals surface area (Å²) in [6.07, 6.45) is 6.37. The van der Waals surface area contributed by atoms with E-state index in [0.717, 1.165) is 17.3 Å². The van der Waals surface area contributed by atoms with Crippen molar-refractivity contribution >= 4 is 23.0 Å². The summed E-state index contributed by atoms with van der Waals surface area (Å²) in [5.41, 5.74) is 2.36. The molecule has 1 unspecified atom stereocenters. The van der Waals surface area contributed by atoms with E-state index >= 15 is 0 Å². The van der Waals surface area contributed by atoms with Gasteiger partial charge in [-0.05, 0) is 56.1 Å². The van der Waals surface area contributed by atoms with Crippen LogP contribution < -0.4 is 5.32 Å². The van der Waals surface area contributed by atoms with Crippen LogP contribution in [0.3, 0.4) is 0 Å². The van der Waals surface area contributed by atoms with E-state index in [4.69, 9.17) is 12.2 Å². The van der Waals surface area contributed by atoms with Gasteiger partial charge in [-0.3, -0.25) is 0 Å². The monoisotopic (exact) mass is 276 g/mol. The first-order valence-electron chi connectivity index (χ1n) is 7.35. The lowest BCUT2D eigenvalue weighted by Crippen LogP contribution is -2.42. The van der Waals surface area contributed by atoms with Crippen LogP contribution in [0.4, 0.5) is 5.69 Å². The van der Waals surface area contributed by atoms with Crippen LogP contribution in [0, 0.1) is 6.92 Å². The Morgan fingerprint density at radius 3 is 2.95 bits per heavy atom. The number of benzene rings is 1. The van der Waals surface area contributed by atoms with Gasteiger partial charge in [-0.1, -0.05) is 31.9 Å². The van der Waals surface area contributed by atoms with Gasteiger partial charge in [-0.25, -0.2) is 0 Å². The zero-order chi connectivity index (χ0) is 13.7. The molecule has 1 fully saturated rings. The van der Waals surface area contributed by atoms with E-state index in [-0.39, 0.29) is 0 Å². The quantitative estimate of drug-likeness (QED) is 0.809. The molecule has 1 N–H and O–H groups in total. The molecule has 1 aromatic rings.